The number of nitrogens with zero attached hydrogens (tertiary/aromatic N) is 4. The molecule has 1 amide bonds. The lowest BCUT2D eigenvalue weighted by Gasteiger charge is -2.34. The second-order valence-corrected chi connectivity index (χ2v) is 7.27. The SMILES string of the molecule is O=C(c1csnn1)N1CCC[C@@H]1[C@H]1CCCN1Cc1ccccc1. The van der Waals surface area contributed by atoms with Crippen LogP contribution in [0.15, 0.2) is 35.7 Å². The van der Waals surface area contributed by atoms with E-state index < -0.39 is 0 Å². The van der Waals surface area contributed by atoms with Gasteiger partial charge in [-0.05, 0) is 49.3 Å². The molecule has 1 aromatic heterocycles. The summed E-state index contributed by atoms with van der Waals surface area (Å²) in [6.45, 7) is 2.94. The van der Waals surface area contributed by atoms with Crippen molar-refractivity contribution in [2.45, 2.75) is 44.3 Å². The third-order valence-corrected chi connectivity index (χ3v) is 5.73. The van der Waals surface area contributed by atoms with Crippen molar-refractivity contribution >= 4 is 17.4 Å². The first-order valence-electron chi connectivity index (χ1n) is 8.69. The minimum absolute atomic E-state index is 0.0535. The highest BCUT2D eigenvalue weighted by Crippen LogP contribution is 2.31. The van der Waals surface area contributed by atoms with E-state index in [0.29, 0.717) is 17.8 Å². The molecule has 24 heavy (non-hydrogen) atoms. The summed E-state index contributed by atoms with van der Waals surface area (Å²) in [6.07, 6.45) is 4.58. The van der Waals surface area contributed by atoms with Crippen molar-refractivity contribution < 1.29 is 4.79 Å². The summed E-state index contributed by atoms with van der Waals surface area (Å²) in [5, 5.41) is 5.73. The fourth-order valence-corrected chi connectivity index (χ4v) is 4.58. The minimum atomic E-state index is 0.0535. The standard InChI is InChI=1S/C18H22N4OS/c23-18(15-13-24-20-19-15)22-11-5-9-17(22)16-8-4-10-21(16)12-14-6-2-1-3-7-14/h1-3,6-7,13,16-17H,4-5,8-12H2/t16-,17-/m1/s1. The molecule has 2 atom stereocenters. The number of benzene rings is 1. The van der Waals surface area contributed by atoms with Crippen LogP contribution in [-0.4, -0.2) is 50.5 Å². The van der Waals surface area contributed by atoms with Crippen LogP contribution in [0.2, 0.25) is 0 Å². The Labute approximate surface area is 146 Å². The molecule has 2 fully saturated rings. The zero-order valence-corrected chi connectivity index (χ0v) is 14.5. The van der Waals surface area contributed by atoms with Gasteiger partial charge in [0.1, 0.15) is 0 Å². The molecule has 2 aliphatic heterocycles. The van der Waals surface area contributed by atoms with Gasteiger partial charge in [-0.2, -0.15) is 0 Å². The normalized spacial score (nSPS) is 24.6. The Balaban J connectivity index is 1.49. The van der Waals surface area contributed by atoms with Crippen molar-refractivity contribution in [3.63, 3.8) is 0 Å². The number of carbonyl (C=O) groups excluding carboxylic acids is 1. The molecule has 2 aromatic rings. The van der Waals surface area contributed by atoms with Gasteiger partial charge in [0.25, 0.3) is 5.91 Å². The van der Waals surface area contributed by atoms with Gasteiger partial charge in [-0.3, -0.25) is 9.69 Å². The highest BCUT2D eigenvalue weighted by atomic mass is 32.1. The summed E-state index contributed by atoms with van der Waals surface area (Å²) in [5.41, 5.74) is 1.85. The summed E-state index contributed by atoms with van der Waals surface area (Å²) in [7, 11) is 0. The molecule has 3 heterocycles. The quantitative estimate of drug-likeness (QED) is 0.857. The molecule has 0 aliphatic carbocycles. The van der Waals surface area contributed by atoms with Crippen LogP contribution in [0.4, 0.5) is 0 Å². The Bertz CT molecular complexity index is 676. The van der Waals surface area contributed by atoms with Gasteiger partial charge in [-0.1, -0.05) is 34.8 Å². The van der Waals surface area contributed by atoms with Crippen molar-refractivity contribution in [1.29, 1.82) is 0 Å². The average molecular weight is 342 g/mol. The minimum Gasteiger partial charge on any atom is -0.333 e. The van der Waals surface area contributed by atoms with E-state index >= 15 is 0 Å². The van der Waals surface area contributed by atoms with Gasteiger partial charge in [-0.25, -0.2) is 0 Å². The molecular weight excluding hydrogens is 320 g/mol. The Hall–Kier alpha value is -1.79. The number of likely N-dealkylation sites (tertiary alicyclic amines) is 2. The number of aromatic nitrogens is 2. The molecular formula is C18H22N4OS. The Morgan fingerprint density at radius 3 is 2.71 bits per heavy atom. The summed E-state index contributed by atoms with van der Waals surface area (Å²) in [5.74, 6) is 0.0535. The lowest BCUT2D eigenvalue weighted by Crippen LogP contribution is -2.48. The van der Waals surface area contributed by atoms with Crippen molar-refractivity contribution in [3.05, 3.63) is 47.0 Å². The first kappa shape index (κ1) is 15.7. The van der Waals surface area contributed by atoms with Crippen molar-refractivity contribution in [2.75, 3.05) is 13.1 Å². The second-order valence-electron chi connectivity index (χ2n) is 6.66. The monoisotopic (exact) mass is 342 g/mol. The number of amides is 1. The van der Waals surface area contributed by atoms with E-state index in [1.165, 1.54) is 29.9 Å². The molecule has 0 bridgehead atoms. The molecule has 6 heteroatoms. The smallest absolute Gasteiger partial charge is 0.275 e. The zero-order chi connectivity index (χ0) is 16.4. The largest absolute Gasteiger partial charge is 0.333 e. The van der Waals surface area contributed by atoms with Crippen LogP contribution >= 0.6 is 11.5 Å². The Morgan fingerprint density at radius 2 is 1.92 bits per heavy atom. The van der Waals surface area contributed by atoms with E-state index in [0.717, 1.165) is 32.5 Å². The van der Waals surface area contributed by atoms with Gasteiger partial charge < -0.3 is 4.90 Å². The molecule has 0 N–H and O–H groups in total. The fraction of sp³-hybridized carbons (Fsp3) is 0.500. The summed E-state index contributed by atoms with van der Waals surface area (Å²) in [4.78, 5) is 17.4. The molecule has 0 unspecified atom stereocenters. The predicted octanol–water partition coefficient (Wildman–Crippen LogP) is 2.81. The summed E-state index contributed by atoms with van der Waals surface area (Å²) in [6, 6.07) is 11.4. The maximum absolute atomic E-state index is 12.8. The topological polar surface area (TPSA) is 49.3 Å². The molecule has 4 rings (SSSR count). The van der Waals surface area contributed by atoms with Crippen molar-refractivity contribution in [2.24, 2.45) is 0 Å². The number of hydrogen-bond acceptors (Lipinski definition) is 5. The van der Waals surface area contributed by atoms with Crippen LogP contribution in [-0.2, 0) is 6.54 Å². The molecule has 0 saturated carbocycles. The number of rotatable bonds is 4. The van der Waals surface area contributed by atoms with Gasteiger partial charge in [-0.15, -0.1) is 5.10 Å². The van der Waals surface area contributed by atoms with E-state index in [9.17, 15) is 4.79 Å². The lowest BCUT2D eigenvalue weighted by atomic mass is 10.0. The van der Waals surface area contributed by atoms with E-state index in [4.69, 9.17) is 0 Å². The highest BCUT2D eigenvalue weighted by molar-refractivity contribution is 7.03. The van der Waals surface area contributed by atoms with Gasteiger partial charge in [0.2, 0.25) is 0 Å². The predicted molar refractivity (Wildman–Crippen MR) is 93.8 cm³/mol. The first-order chi connectivity index (χ1) is 11.8. The number of hydrogen-bond donors (Lipinski definition) is 0. The fourth-order valence-electron chi connectivity index (χ4n) is 4.15. The van der Waals surface area contributed by atoms with Crippen LogP contribution in [0.25, 0.3) is 0 Å². The molecule has 0 radical (unpaired) electrons. The van der Waals surface area contributed by atoms with Crippen molar-refractivity contribution in [3.8, 4) is 0 Å². The first-order valence-corrected chi connectivity index (χ1v) is 9.52. The van der Waals surface area contributed by atoms with Gasteiger partial charge in [0.05, 0.1) is 0 Å². The maximum atomic E-state index is 12.8. The average Bonchev–Trinajstić information content (AvgIpc) is 3.36. The molecule has 126 valence electrons. The van der Waals surface area contributed by atoms with E-state index in [2.05, 4.69) is 44.8 Å². The molecule has 0 spiro atoms. The van der Waals surface area contributed by atoms with Crippen LogP contribution in [0.1, 0.15) is 41.7 Å². The van der Waals surface area contributed by atoms with Crippen LogP contribution < -0.4 is 0 Å². The number of carbonyl (C=O) groups is 1. The second kappa shape index (κ2) is 6.99. The lowest BCUT2D eigenvalue weighted by molar-refractivity contribution is 0.0633. The van der Waals surface area contributed by atoms with Crippen LogP contribution in [0, 0.1) is 0 Å². The van der Waals surface area contributed by atoms with Gasteiger partial charge >= 0.3 is 0 Å². The molecule has 2 saturated heterocycles. The Kier molecular flexibility index (Phi) is 4.58. The van der Waals surface area contributed by atoms with Gasteiger partial charge in [0.15, 0.2) is 5.69 Å². The molecule has 1 aromatic carbocycles. The third-order valence-electron chi connectivity index (χ3n) is 5.23. The van der Waals surface area contributed by atoms with Crippen LogP contribution in [0.5, 0.6) is 0 Å². The summed E-state index contributed by atoms with van der Waals surface area (Å²) < 4.78 is 3.84. The van der Waals surface area contributed by atoms with Gasteiger partial charge in [0, 0.05) is 30.6 Å². The zero-order valence-electron chi connectivity index (χ0n) is 13.7. The molecule has 2 aliphatic rings. The van der Waals surface area contributed by atoms with E-state index in [1.807, 2.05) is 4.90 Å². The molecule has 5 nitrogen and oxygen atoms in total. The third kappa shape index (κ3) is 3.08. The highest BCUT2D eigenvalue weighted by Gasteiger charge is 2.40. The van der Waals surface area contributed by atoms with Crippen LogP contribution in [0.3, 0.4) is 0 Å². The van der Waals surface area contributed by atoms with E-state index in [-0.39, 0.29) is 5.91 Å². The maximum Gasteiger partial charge on any atom is 0.275 e. The summed E-state index contributed by atoms with van der Waals surface area (Å²) >= 11 is 1.24. The van der Waals surface area contributed by atoms with Crippen molar-refractivity contribution in [1.82, 2.24) is 19.4 Å². The Morgan fingerprint density at radius 1 is 1.12 bits per heavy atom. The van der Waals surface area contributed by atoms with E-state index in [1.54, 1.807) is 5.38 Å².